The summed E-state index contributed by atoms with van der Waals surface area (Å²) in [5.74, 6) is 2.77. The largest absolute Gasteiger partial charge is 0.369 e. The summed E-state index contributed by atoms with van der Waals surface area (Å²) in [5.41, 5.74) is 5.53. The van der Waals surface area contributed by atoms with Crippen molar-refractivity contribution >= 4 is 11.9 Å². The highest BCUT2D eigenvalue weighted by Crippen LogP contribution is 2.42. The number of hydrogen-bond acceptors (Lipinski definition) is 3. The summed E-state index contributed by atoms with van der Waals surface area (Å²) < 4.78 is 0. The first-order valence-corrected chi connectivity index (χ1v) is 11.8. The van der Waals surface area contributed by atoms with Gasteiger partial charge in [0, 0.05) is 7.05 Å². The van der Waals surface area contributed by atoms with Crippen LogP contribution in [-0.2, 0) is 4.79 Å². The minimum absolute atomic E-state index is 0.148. The van der Waals surface area contributed by atoms with Gasteiger partial charge < -0.3 is 5.73 Å². The maximum atomic E-state index is 13.2. The first-order chi connectivity index (χ1) is 13.5. The second-order valence-corrected chi connectivity index (χ2v) is 9.73. The Labute approximate surface area is 172 Å². The Morgan fingerprint density at radius 3 is 2.50 bits per heavy atom. The molecule has 0 aromatic carbocycles. The summed E-state index contributed by atoms with van der Waals surface area (Å²) in [5, 5.41) is 0. The lowest BCUT2D eigenvalue weighted by Crippen LogP contribution is -2.44. The van der Waals surface area contributed by atoms with Gasteiger partial charge in [0.15, 0.2) is 5.96 Å². The van der Waals surface area contributed by atoms with Crippen molar-refractivity contribution in [3.63, 3.8) is 0 Å². The first-order valence-electron chi connectivity index (χ1n) is 11.8. The van der Waals surface area contributed by atoms with Crippen molar-refractivity contribution in [2.24, 2.45) is 28.5 Å². The molecule has 4 nitrogen and oxygen atoms in total. The molecule has 28 heavy (non-hydrogen) atoms. The molecule has 3 rings (SSSR count). The fourth-order valence-corrected chi connectivity index (χ4v) is 5.95. The summed E-state index contributed by atoms with van der Waals surface area (Å²) in [6, 6.07) is 0. The summed E-state index contributed by atoms with van der Waals surface area (Å²) in [6.07, 6.45) is 20.5. The van der Waals surface area contributed by atoms with Crippen molar-refractivity contribution in [3.05, 3.63) is 12.7 Å². The summed E-state index contributed by atoms with van der Waals surface area (Å²) >= 11 is 0. The van der Waals surface area contributed by atoms with E-state index in [9.17, 15) is 4.79 Å². The Kier molecular flexibility index (Phi) is 7.59. The number of amides is 1. The van der Waals surface area contributed by atoms with Crippen LogP contribution in [0, 0.1) is 17.8 Å². The number of unbranched alkanes of at least 4 members (excludes halogenated alkanes) is 1. The van der Waals surface area contributed by atoms with E-state index in [1.54, 1.807) is 11.9 Å². The number of allylic oxidation sites excluding steroid dienone is 1. The van der Waals surface area contributed by atoms with Crippen molar-refractivity contribution in [2.45, 2.75) is 102 Å². The van der Waals surface area contributed by atoms with E-state index in [1.165, 1.54) is 70.6 Å². The van der Waals surface area contributed by atoms with Crippen LogP contribution in [-0.4, -0.2) is 29.4 Å². The predicted octanol–water partition coefficient (Wildman–Crippen LogP) is 5.43. The summed E-state index contributed by atoms with van der Waals surface area (Å²) in [7, 11) is 1.79. The van der Waals surface area contributed by atoms with Crippen LogP contribution < -0.4 is 5.73 Å². The van der Waals surface area contributed by atoms with Crippen LogP contribution in [0.3, 0.4) is 0 Å². The molecule has 2 saturated carbocycles. The Morgan fingerprint density at radius 2 is 1.82 bits per heavy atom. The minimum atomic E-state index is -0.579. The number of rotatable bonds is 9. The second kappa shape index (κ2) is 9.93. The van der Waals surface area contributed by atoms with Crippen LogP contribution >= 0.6 is 0 Å². The van der Waals surface area contributed by atoms with Crippen molar-refractivity contribution in [1.82, 2.24) is 4.90 Å². The molecule has 4 heteroatoms. The molecule has 3 atom stereocenters. The number of likely N-dealkylation sites (N-methyl/N-ethyl adjacent to an activating group) is 1. The van der Waals surface area contributed by atoms with Gasteiger partial charge in [0.2, 0.25) is 0 Å². The third kappa shape index (κ3) is 5.18. The number of guanidine groups is 1. The lowest BCUT2D eigenvalue weighted by molar-refractivity contribution is -0.131. The van der Waals surface area contributed by atoms with Crippen LogP contribution in [0.4, 0.5) is 0 Å². The van der Waals surface area contributed by atoms with Crippen LogP contribution in [0.1, 0.15) is 96.3 Å². The number of nitrogens with two attached hydrogens (primary N) is 1. The van der Waals surface area contributed by atoms with Gasteiger partial charge in [-0.1, -0.05) is 63.9 Å². The van der Waals surface area contributed by atoms with E-state index in [-0.39, 0.29) is 5.91 Å². The fourth-order valence-electron chi connectivity index (χ4n) is 5.95. The molecule has 2 N–H and O–H groups in total. The number of nitrogens with zero attached hydrogens (tertiary/aromatic N) is 2. The highest BCUT2D eigenvalue weighted by atomic mass is 16.2. The van der Waals surface area contributed by atoms with Crippen LogP contribution in [0.15, 0.2) is 17.6 Å². The highest BCUT2D eigenvalue weighted by Gasteiger charge is 2.47. The number of aliphatic imine (C=N–C) groups is 1. The summed E-state index contributed by atoms with van der Waals surface area (Å²) in [6.45, 7) is 3.85. The van der Waals surface area contributed by atoms with E-state index < -0.39 is 5.54 Å². The molecule has 0 saturated heterocycles. The zero-order valence-electron chi connectivity index (χ0n) is 18.0. The maximum Gasteiger partial charge on any atom is 0.257 e. The van der Waals surface area contributed by atoms with Gasteiger partial charge in [0.05, 0.1) is 0 Å². The molecular weight excluding hydrogens is 346 g/mol. The van der Waals surface area contributed by atoms with Gasteiger partial charge in [0.25, 0.3) is 5.91 Å². The molecule has 3 aliphatic rings. The molecule has 158 valence electrons. The number of carbonyl (C=O) groups is 1. The average Bonchev–Trinajstić information content (AvgIpc) is 2.92. The molecule has 1 heterocycles. The molecule has 0 radical (unpaired) electrons. The Morgan fingerprint density at radius 1 is 1.11 bits per heavy atom. The van der Waals surface area contributed by atoms with Gasteiger partial charge in [-0.15, -0.1) is 6.58 Å². The van der Waals surface area contributed by atoms with E-state index in [0.29, 0.717) is 11.9 Å². The fraction of sp³-hybridized carbons (Fsp3) is 0.833. The molecule has 2 aliphatic carbocycles. The number of hydrogen-bond donors (Lipinski definition) is 1. The quantitative estimate of drug-likeness (QED) is 0.424. The van der Waals surface area contributed by atoms with Crippen LogP contribution in [0.5, 0.6) is 0 Å². The van der Waals surface area contributed by atoms with Gasteiger partial charge in [-0.2, -0.15) is 0 Å². The topological polar surface area (TPSA) is 58.7 Å². The first kappa shape index (κ1) is 21.4. The molecule has 1 aliphatic heterocycles. The molecule has 0 aromatic heterocycles. The molecule has 0 spiro atoms. The Hall–Kier alpha value is -1.32. The highest BCUT2D eigenvalue weighted by molar-refractivity contribution is 6.06. The Balaban J connectivity index is 1.64. The minimum Gasteiger partial charge on any atom is -0.369 e. The number of carbonyl (C=O) groups excluding carboxylic acids is 1. The van der Waals surface area contributed by atoms with Crippen molar-refractivity contribution in [3.8, 4) is 0 Å². The van der Waals surface area contributed by atoms with Crippen molar-refractivity contribution < 1.29 is 4.79 Å². The monoisotopic (exact) mass is 387 g/mol. The van der Waals surface area contributed by atoms with E-state index in [2.05, 4.69) is 6.58 Å². The molecule has 2 unspecified atom stereocenters. The van der Waals surface area contributed by atoms with E-state index >= 15 is 0 Å². The molecule has 1 amide bonds. The van der Waals surface area contributed by atoms with Crippen LogP contribution in [0.25, 0.3) is 0 Å². The zero-order chi connectivity index (χ0) is 20.0. The third-order valence-electron chi connectivity index (χ3n) is 7.60. The molecular formula is C24H41N3O. The standard InChI is InChI=1S/C24H41N3O/c1-3-4-6-12-20-13-9-14-21(17-20)18-24(22(28)27(2)23(25)26-24)16-15-19-10-7-5-8-11-19/h3,19-21H,1,4-18H2,2H3,(H2,25,26)/t20?,21?,24-/m1/s1. The van der Waals surface area contributed by atoms with Gasteiger partial charge >= 0.3 is 0 Å². The van der Waals surface area contributed by atoms with Gasteiger partial charge in [-0.05, 0) is 56.3 Å². The van der Waals surface area contributed by atoms with Gasteiger partial charge in [-0.25, -0.2) is 4.99 Å². The van der Waals surface area contributed by atoms with Gasteiger partial charge in [-0.3, -0.25) is 9.69 Å². The maximum absolute atomic E-state index is 13.2. The second-order valence-electron chi connectivity index (χ2n) is 9.73. The SMILES string of the molecule is C=CCCCC1CCCC(C[C@@]2(CCC3CCCCC3)N=C(N)N(C)C2=O)C1. The predicted molar refractivity (Wildman–Crippen MR) is 117 cm³/mol. The van der Waals surface area contributed by atoms with E-state index in [4.69, 9.17) is 10.7 Å². The molecule has 2 fully saturated rings. The lowest BCUT2D eigenvalue weighted by atomic mass is 9.72. The van der Waals surface area contributed by atoms with Crippen molar-refractivity contribution in [1.29, 1.82) is 0 Å². The zero-order valence-corrected chi connectivity index (χ0v) is 18.0. The lowest BCUT2D eigenvalue weighted by Gasteiger charge is -2.35. The van der Waals surface area contributed by atoms with E-state index in [1.807, 2.05) is 6.08 Å². The molecule has 0 bridgehead atoms. The van der Waals surface area contributed by atoms with Crippen LogP contribution in [0.2, 0.25) is 0 Å². The summed E-state index contributed by atoms with van der Waals surface area (Å²) in [4.78, 5) is 19.6. The van der Waals surface area contributed by atoms with Crippen molar-refractivity contribution in [2.75, 3.05) is 7.05 Å². The van der Waals surface area contributed by atoms with Gasteiger partial charge in [0.1, 0.15) is 5.54 Å². The smallest absolute Gasteiger partial charge is 0.257 e. The Bertz CT molecular complexity index is 566. The molecule has 0 aromatic rings. The normalized spacial score (nSPS) is 31.8. The third-order valence-corrected chi connectivity index (χ3v) is 7.60. The average molecular weight is 388 g/mol. The van der Waals surface area contributed by atoms with E-state index in [0.717, 1.165) is 37.5 Å².